The number of halogens is 3. The second-order valence-electron chi connectivity index (χ2n) is 6.90. The van der Waals surface area contributed by atoms with Crippen molar-refractivity contribution in [1.29, 1.82) is 0 Å². The second kappa shape index (κ2) is 6.16. The molecule has 0 amide bonds. The van der Waals surface area contributed by atoms with Crippen molar-refractivity contribution >= 4 is 22.5 Å². The van der Waals surface area contributed by atoms with E-state index < -0.39 is 11.6 Å². The summed E-state index contributed by atoms with van der Waals surface area (Å²) in [5.74, 6) is -2.48. The third kappa shape index (κ3) is 3.12. The van der Waals surface area contributed by atoms with Gasteiger partial charge < -0.3 is 0 Å². The third-order valence-corrected chi connectivity index (χ3v) is 5.07. The van der Waals surface area contributed by atoms with Gasteiger partial charge in [0.1, 0.15) is 0 Å². The number of alkyl halides is 2. The predicted octanol–water partition coefficient (Wildman–Crippen LogP) is 5.10. The quantitative estimate of drug-likeness (QED) is 0.636. The molecule has 0 N–H and O–H groups in total. The first kappa shape index (κ1) is 17.2. The van der Waals surface area contributed by atoms with E-state index in [-0.39, 0.29) is 5.56 Å². The number of rotatable bonds is 4. The molecule has 6 heteroatoms. The van der Waals surface area contributed by atoms with E-state index in [2.05, 4.69) is 4.98 Å². The van der Waals surface area contributed by atoms with Crippen LogP contribution in [-0.2, 0) is 12.3 Å². The van der Waals surface area contributed by atoms with Crippen LogP contribution in [0.25, 0.3) is 16.6 Å². The van der Waals surface area contributed by atoms with Crippen LogP contribution in [0.2, 0.25) is 5.02 Å². The molecular formula is C20H17ClF2N2O. The lowest BCUT2D eigenvalue weighted by Gasteiger charge is -2.17. The van der Waals surface area contributed by atoms with Gasteiger partial charge in [0.25, 0.3) is 5.92 Å². The van der Waals surface area contributed by atoms with Gasteiger partial charge >= 0.3 is 5.69 Å². The summed E-state index contributed by atoms with van der Waals surface area (Å²) in [5, 5.41) is 1.07. The summed E-state index contributed by atoms with van der Waals surface area (Å²) in [4.78, 5) is 17.0. The van der Waals surface area contributed by atoms with E-state index in [1.165, 1.54) is 16.7 Å². The molecule has 3 aromatic rings. The summed E-state index contributed by atoms with van der Waals surface area (Å²) in [7, 11) is 0. The molecule has 0 spiro atoms. The highest BCUT2D eigenvalue weighted by atomic mass is 35.5. The van der Waals surface area contributed by atoms with Crippen molar-refractivity contribution in [1.82, 2.24) is 9.55 Å². The molecule has 0 bridgehead atoms. The van der Waals surface area contributed by atoms with Crippen LogP contribution in [0.1, 0.15) is 31.0 Å². The Morgan fingerprint density at radius 1 is 1.23 bits per heavy atom. The van der Waals surface area contributed by atoms with E-state index in [0.29, 0.717) is 39.6 Å². The van der Waals surface area contributed by atoms with Crippen molar-refractivity contribution in [2.24, 2.45) is 5.92 Å². The smallest absolute Gasteiger partial charge is 0.259 e. The Balaban J connectivity index is 2.05. The number of fused-ring (bicyclic) bond motifs is 1. The molecule has 134 valence electrons. The van der Waals surface area contributed by atoms with Gasteiger partial charge in [0.05, 0.1) is 21.9 Å². The number of hydrogen-bond donors (Lipinski definition) is 0. The van der Waals surface area contributed by atoms with Gasteiger partial charge in [-0.3, -0.25) is 4.57 Å². The SMILES string of the molecule is CC(F)(F)c1ccc2c(CC3CC3)nc(=O)n(-c3ccccc3Cl)c2c1. The molecule has 2 aromatic carbocycles. The zero-order chi connectivity index (χ0) is 18.5. The number of para-hydroxylation sites is 1. The molecule has 3 nitrogen and oxygen atoms in total. The molecule has 1 aliphatic rings. The van der Waals surface area contributed by atoms with Crippen molar-refractivity contribution in [3.63, 3.8) is 0 Å². The van der Waals surface area contributed by atoms with Crippen molar-refractivity contribution in [2.75, 3.05) is 0 Å². The summed E-state index contributed by atoms with van der Waals surface area (Å²) < 4.78 is 29.1. The summed E-state index contributed by atoms with van der Waals surface area (Å²) in [6, 6.07) is 11.3. The molecule has 1 aliphatic carbocycles. The molecule has 1 aromatic heterocycles. The minimum Gasteiger partial charge on any atom is -0.259 e. The Morgan fingerprint density at radius 2 is 1.96 bits per heavy atom. The molecule has 0 saturated heterocycles. The number of aromatic nitrogens is 2. The first-order valence-corrected chi connectivity index (χ1v) is 8.91. The van der Waals surface area contributed by atoms with Crippen LogP contribution in [0, 0.1) is 5.92 Å². The van der Waals surface area contributed by atoms with Gasteiger partial charge in [0.2, 0.25) is 0 Å². The summed E-state index contributed by atoms with van der Waals surface area (Å²) in [6.45, 7) is 0.846. The van der Waals surface area contributed by atoms with Crippen LogP contribution >= 0.6 is 11.6 Å². The number of benzene rings is 2. The highest BCUT2D eigenvalue weighted by molar-refractivity contribution is 6.32. The lowest BCUT2D eigenvalue weighted by molar-refractivity contribution is 0.0176. The highest BCUT2D eigenvalue weighted by Gasteiger charge is 2.27. The van der Waals surface area contributed by atoms with Crippen LogP contribution in [-0.4, -0.2) is 9.55 Å². The minimum absolute atomic E-state index is 0.145. The highest BCUT2D eigenvalue weighted by Crippen LogP contribution is 2.35. The molecule has 0 radical (unpaired) electrons. The van der Waals surface area contributed by atoms with Gasteiger partial charge in [0.15, 0.2) is 0 Å². The van der Waals surface area contributed by atoms with Crippen molar-refractivity contribution < 1.29 is 8.78 Å². The van der Waals surface area contributed by atoms with E-state index in [1.807, 2.05) is 0 Å². The molecular weight excluding hydrogens is 358 g/mol. The fourth-order valence-electron chi connectivity index (χ4n) is 3.18. The van der Waals surface area contributed by atoms with Crippen molar-refractivity contribution in [2.45, 2.75) is 32.1 Å². The Hall–Kier alpha value is -2.27. The standard InChI is InChI=1S/C20H17ClF2N2O/c1-20(22,23)13-8-9-14-16(10-12-6-7-12)24-19(26)25(18(14)11-13)17-5-3-2-4-15(17)21/h2-5,8-9,11-12H,6-7,10H2,1H3. The summed E-state index contributed by atoms with van der Waals surface area (Å²) in [6.07, 6.45) is 2.92. The first-order chi connectivity index (χ1) is 12.3. The Labute approximate surface area is 154 Å². The molecule has 4 rings (SSSR count). The lowest BCUT2D eigenvalue weighted by Crippen LogP contribution is -2.24. The molecule has 1 fully saturated rings. The van der Waals surface area contributed by atoms with Crippen molar-refractivity contribution in [3.8, 4) is 5.69 Å². The van der Waals surface area contributed by atoms with Gasteiger partial charge in [0, 0.05) is 17.9 Å². The summed E-state index contributed by atoms with van der Waals surface area (Å²) >= 11 is 6.26. The van der Waals surface area contributed by atoms with E-state index in [4.69, 9.17) is 11.6 Å². The predicted molar refractivity (Wildman–Crippen MR) is 98.3 cm³/mol. The average molecular weight is 375 g/mol. The van der Waals surface area contributed by atoms with E-state index in [0.717, 1.165) is 19.8 Å². The van der Waals surface area contributed by atoms with Crippen molar-refractivity contribution in [3.05, 3.63) is 69.2 Å². The van der Waals surface area contributed by atoms with Gasteiger partial charge in [-0.15, -0.1) is 0 Å². The van der Waals surface area contributed by atoms with Gasteiger partial charge in [-0.2, -0.15) is 4.98 Å². The first-order valence-electron chi connectivity index (χ1n) is 8.53. The van der Waals surface area contributed by atoms with E-state index >= 15 is 0 Å². The zero-order valence-corrected chi connectivity index (χ0v) is 14.9. The maximum Gasteiger partial charge on any atom is 0.352 e. The van der Waals surface area contributed by atoms with Gasteiger partial charge in [-0.1, -0.05) is 35.9 Å². The Bertz CT molecular complexity index is 1050. The number of hydrogen-bond acceptors (Lipinski definition) is 2. The largest absolute Gasteiger partial charge is 0.352 e. The molecule has 1 saturated carbocycles. The lowest BCUT2D eigenvalue weighted by atomic mass is 10.0. The molecule has 0 unspecified atom stereocenters. The molecule has 26 heavy (non-hydrogen) atoms. The van der Waals surface area contributed by atoms with Crippen LogP contribution in [0.5, 0.6) is 0 Å². The molecule has 0 atom stereocenters. The third-order valence-electron chi connectivity index (χ3n) is 4.75. The maximum absolute atomic E-state index is 13.9. The van der Waals surface area contributed by atoms with E-state index in [1.54, 1.807) is 30.3 Å². The topological polar surface area (TPSA) is 34.9 Å². The number of nitrogens with zero attached hydrogens (tertiary/aromatic N) is 2. The van der Waals surface area contributed by atoms with E-state index in [9.17, 15) is 13.6 Å². The average Bonchev–Trinajstić information content (AvgIpc) is 3.39. The van der Waals surface area contributed by atoms with Gasteiger partial charge in [-0.05, 0) is 43.4 Å². The molecule has 0 aliphatic heterocycles. The fourth-order valence-corrected chi connectivity index (χ4v) is 3.40. The fraction of sp³-hybridized carbons (Fsp3) is 0.300. The van der Waals surface area contributed by atoms with Crippen LogP contribution < -0.4 is 5.69 Å². The Morgan fingerprint density at radius 3 is 2.62 bits per heavy atom. The van der Waals surface area contributed by atoms with Crippen LogP contribution in [0.3, 0.4) is 0 Å². The molecule has 1 heterocycles. The Kier molecular flexibility index (Phi) is 4.07. The normalized spacial score (nSPS) is 14.8. The van der Waals surface area contributed by atoms with Gasteiger partial charge in [-0.25, -0.2) is 13.6 Å². The van der Waals surface area contributed by atoms with Crippen LogP contribution in [0.15, 0.2) is 47.3 Å². The van der Waals surface area contributed by atoms with Crippen LogP contribution in [0.4, 0.5) is 8.78 Å². The maximum atomic E-state index is 13.9. The second-order valence-corrected chi connectivity index (χ2v) is 7.30. The monoisotopic (exact) mass is 374 g/mol. The minimum atomic E-state index is -3.00. The zero-order valence-electron chi connectivity index (χ0n) is 14.2. The summed E-state index contributed by atoms with van der Waals surface area (Å²) in [5.41, 5.74) is 0.868.